The number of nitrogens with zero attached hydrogens (tertiary/aromatic N) is 2. The SMILES string of the molecule is CCOC(=O)c1c(C)[nH]c2cc(N=Cc3ccc([N+](=O)[O-])cc3)ccc12. The Bertz CT molecular complexity index is 1000. The van der Waals surface area contributed by atoms with Crippen LogP contribution >= 0.6 is 0 Å². The van der Waals surface area contributed by atoms with Crippen molar-refractivity contribution in [3.05, 3.63) is 69.4 Å². The molecule has 2 aromatic carbocycles. The summed E-state index contributed by atoms with van der Waals surface area (Å²) in [4.78, 5) is 29.9. The quantitative estimate of drug-likeness (QED) is 0.320. The summed E-state index contributed by atoms with van der Waals surface area (Å²) in [7, 11) is 0. The fourth-order valence-corrected chi connectivity index (χ4v) is 2.70. The lowest BCUT2D eigenvalue weighted by molar-refractivity contribution is -0.384. The lowest BCUT2D eigenvalue weighted by Crippen LogP contribution is -2.05. The molecular formula is C19H17N3O4. The van der Waals surface area contributed by atoms with E-state index in [0.717, 1.165) is 22.2 Å². The fraction of sp³-hybridized carbons (Fsp3) is 0.158. The molecule has 3 aromatic rings. The summed E-state index contributed by atoms with van der Waals surface area (Å²) in [6, 6.07) is 11.6. The highest BCUT2D eigenvalue weighted by atomic mass is 16.6. The van der Waals surface area contributed by atoms with Gasteiger partial charge in [0.1, 0.15) is 0 Å². The van der Waals surface area contributed by atoms with Gasteiger partial charge in [0.2, 0.25) is 0 Å². The maximum Gasteiger partial charge on any atom is 0.340 e. The topological polar surface area (TPSA) is 97.6 Å². The van der Waals surface area contributed by atoms with Crippen LogP contribution < -0.4 is 0 Å². The number of hydrogen-bond donors (Lipinski definition) is 1. The number of hydrogen-bond acceptors (Lipinski definition) is 5. The highest BCUT2D eigenvalue weighted by Crippen LogP contribution is 2.27. The van der Waals surface area contributed by atoms with Crippen molar-refractivity contribution in [1.82, 2.24) is 4.98 Å². The Labute approximate surface area is 149 Å². The van der Waals surface area contributed by atoms with E-state index < -0.39 is 4.92 Å². The molecule has 0 atom stereocenters. The number of ether oxygens (including phenoxy) is 1. The number of nitro groups is 1. The molecule has 0 saturated heterocycles. The van der Waals surface area contributed by atoms with Gasteiger partial charge in [0.05, 0.1) is 22.8 Å². The number of nitrogens with one attached hydrogen (secondary N) is 1. The minimum absolute atomic E-state index is 0.0388. The lowest BCUT2D eigenvalue weighted by Gasteiger charge is -2.01. The van der Waals surface area contributed by atoms with Gasteiger partial charge in [0.25, 0.3) is 5.69 Å². The summed E-state index contributed by atoms with van der Waals surface area (Å²) in [6.07, 6.45) is 1.63. The highest BCUT2D eigenvalue weighted by Gasteiger charge is 2.17. The van der Waals surface area contributed by atoms with Crippen molar-refractivity contribution in [3.63, 3.8) is 0 Å². The van der Waals surface area contributed by atoms with Crippen molar-refractivity contribution in [2.75, 3.05) is 6.61 Å². The van der Waals surface area contributed by atoms with Crippen molar-refractivity contribution in [2.24, 2.45) is 4.99 Å². The summed E-state index contributed by atoms with van der Waals surface area (Å²) in [5.74, 6) is -0.349. The molecule has 0 aliphatic rings. The Hall–Kier alpha value is -3.48. The third-order valence-corrected chi connectivity index (χ3v) is 3.92. The van der Waals surface area contributed by atoms with Crippen molar-refractivity contribution >= 4 is 34.5 Å². The van der Waals surface area contributed by atoms with E-state index in [-0.39, 0.29) is 11.7 Å². The Morgan fingerprint density at radius 2 is 2.00 bits per heavy atom. The number of nitro benzene ring substituents is 1. The number of carbonyl (C=O) groups excluding carboxylic acids is 1. The number of benzene rings is 2. The molecule has 0 spiro atoms. The van der Waals surface area contributed by atoms with Gasteiger partial charge in [0.15, 0.2) is 0 Å². The minimum atomic E-state index is -0.441. The van der Waals surface area contributed by atoms with Crippen LogP contribution in [-0.4, -0.2) is 28.7 Å². The Kier molecular flexibility index (Phi) is 4.79. The van der Waals surface area contributed by atoms with Crippen molar-refractivity contribution < 1.29 is 14.5 Å². The van der Waals surface area contributed by atoms with Crippen LogP contribution in [0.2, 0.25) is 0 Å². The van der Waals surface area contributed by atoms with Crippen LogP contribution in [0.5, 0.6) is 0 Å². The minimum Gasteiger partial charge on any atom is -0.462 e. The smallest absolute Gasteiger partial charge is 0.340 e. The first-order valence-electron chi connectivity index (χ1n) is 8.07. The number of aromatic amines is 1. The molecule has 26 heavy (non-hydrogen) atoms. The number of fused-ring (bicyclic) bond motifs is 1. The third-order valence-electron chi connectivity index (χ3n) is 3.92. The van der Waals surface area contributed by atoms with Gasteiger partial charge < -0.3 is 9.72 Å². The average molecular weight is 351 g/mol. The Morgan fingerprint density at radius 3 is 2.65 bits per heavy atom. The van der Waals surface area contributed by atoms with Crippen LogP contribution in [0.15, 0.2) is 47.5 Å². The molecule has 7 nitrogen and oxygen atoms in total. The summed E-state index contributed by atoms with van der Waals surface area (Å²) in [5, 5.41) is 11.5. The van der Waals surface area contributed by atoms with Crippen LogP contribution in [0.1, 0.15) is 28.5 Å². The molecule has 0 aliphatic heterocycles. The largest absolute Gasteiger partial charge is 0.462 e. The van der Waals surface area contributed by atoms with E-state index in [4.69, 9.17) is 4.74 Å². The second-order valence-corrected chi connectivity index (χ2v) is 5.68. The zero-order chi connectivity index (χ0) is 18.7. The van der Waals surface area contributed by atoms with Crippen molar-refractivity contribution in [3.8, 4) is 0 Å². The predicted octanol–water partition coefficient (Wildman–Crippen LogP) is 4.31. The molecule has 0 bridgehead atoms. The number of aromatic nitrogens is 1. The lowest BCUT2D eigenvalue weighted by atomic mass is 10.1. The zero-order valence-electron chi connectivity index (χ0n) is 14.4. The summed E-state index contributed by atoms with van der Waals surface area (Å²) in [6.45, 7) is 3.92. The number of H-pyrrole nitrogens is 1. The number of aryl methyl sites for hydroxylation is 1. The molecule has 132 valence electrons. The van der Waals surface area contributed by atoms with Gasteiger partial charge in [-0.05, 0) is 49.7 Å². The highest BCUT2D eigenvalue weighted by molar-refractivity contribution is 6.06. The summed E-state index contributed by atoms with van der Waals surface area (Å²) in [5.41, 5.74) is 3.57. The van der Waals surface area contributed by atoms with Crippen LogP contribution in [0.4, 0.5) is 11.4 Å². The van der Waals surface area contributed by atoms with Crippen LogP contribution in [0.25, 0.3) is 10.9 Å². The molecule has 0 aliphatic carbocycles. The van der Waals surface area contributed by atoms with Gasteiger partial charge in [-0.1, -0.05) is 0 Å². The van der Waals surface area contributed by atoms with E-state index in [2.05, 4.69) is 9.98 Å². The fourth-order valence-electron chi connectivity index (χ4n) is 2.70. The summed E-state index contributed by atoms with van der Waals surface area (Å²) < 4.78 is 5.10. The maximum absolute atomic E-state index is 12.1. The third kappa shape index (κ3) is 3.46. The first-order chi connectivity index (χ1) is 12.5. The van der Waals surface area contributed by atoms with E-state index in [9.17, 15) is 14.9 Å². The molecule has 0 unspecified atom stereocenters. The van der Waals surface area contributed by atoms with Gasteiger partial charge in [-0.25, -0.2) is 4.79 Å². The number of rotatable bonds is 5. The molecule has 7 heteroatoms. The Balaban J connectivity index is 1.87. The number of carbonyl (C=O) groups is 1. The van der Waals surface area contributed by atoms with E-state index in [1.807, 2.05) is 19.1 Å². The Morgan fingerprint density at radius 1 is 1.27 bits per heavy atom. The second-order valence-electron chi connectivity index (χ2n) is 5.68. The molecular weight excluding hydrogens is 334 g/mol. The van der Waals surface area contributed by atoms with Crippen molar-refractivity contribution in [1.29, 1.82) is 0 Å². The molecule has 1 aromatic heterocycles. The van der Waals surface area contributed by atoms with Gasteiger partial charge >= 0.3 is 5.97 Å². The molecule has 3 rings (SSSR count). The standard InChI is InChI=1S/C19H17N3O4/c1-3-26-19(23)18-12(2)21-17-10-14(6-9-16(17)18)20-11-13-4-7-15(8-5-13)22(24)25/h4-11,21H,3H2,1-2H3. The van der Waals surface area contributed by atoms with Crippen molar-refractivity contribution in [2.45, 2.75) is 13.8 Å². The average Bonchev–Trinajstić information content (AvgIpc) is 2.95. The molecule has 0 amide bonds. The van der Waals surface area contributed by atoms with Gasteiger partial charge in [-0.15, -0.1) is 0 Å². The van der Waals surface area contributed by atoms with Crippen LogP contribution in [0.3, 0.4) is 0 Å². The van der Waals surface area contributed by atoms with E-state index in [1.165, 1.54) is 12.1 Å². The monoisotopic (exact) mass is 351 g/mol. The van der Waals surface area contributed by atoms with E-state index in [0.29, 0.717) is 17.9 Å². The number of non-ortho nitro benzene ring substituents is 1. The van der Waals surface area contributed by atoms with Gasteiger partial charge in [-0.3, -0.25) is 15.1 Å². The summed E-state index contributed by atoms with van der Waals surface area (Å²) >= 11 is 0. The zero-order valence-corrected chi connectivity index (χ0v) is 14.4. The molecule has 1 N–H and O–H groups in total. The van der Waals surface area contributed by atoms with Crippen LogP contribution in [-0.2, 0) is 4.74 Å². The van der Waals surface area contributed by atoms with Gasteiger partial charge in [-0.2, -0.15) is 0 Å². The first kappa shape index (κ1) is 17.3. The molecule has 0 radical (unpaired) electrons. The normalized spacial score (nSPS) is 11.2. The molecule has 0 saturated carbocycles. The first-order valence-corrected chi connectivity index (χ1v) is 8.07. The number of esters is 1. The van der Waals surface area contributed by atoms with Gasteiger partial charge in [0, 0.05) is 34.9 Å². The predicted molar refractivity (Wildman–Crippen MR) is 99.3 cm³/mol. The van der Waals surface area contributed by atoms with E-state index in [1.54, 1.807) is 31.3 Å². The number of aliphatic imine (C=N–C) groups is 1. The maximum atomic E-state index is 12.1. The molecule has 0 fully saturated rings. The van der Waals surface area contributed by atoms with Crippen LogP contribution in [0, 0.1) is 17.0 Å². The van der Waals surface area contributed by atoms with E-state index >= 15 is 0 Å². The molecule has 1 heterocycles. The second kappa shape index (κ2) is 7.18.